The second-order valence-corrected chi connectivity index (χ2v) is 6.62. The molecule has 0 atom stereocenters. The highest BCUT2D eigenvalue weighted by Gasteiger charge is 2.13. The molecule has 0 spiro atoms. The molecule has 0 aliphatic heterocycles. The van der Waals surface area contributed by atoms with E-state index in [1.807, 2.05) is 24.3 Å². The predicted octanol–water partition coefficient (Wildman–Crippen LogP) is 4.18. The lowest BCUT2D eigenvalue weighted by Gasteiger charge is -2.12. The molecule has 3 aromatic rings. The Morgan fingerprint density at radius 2 is 1.79 bits per heavy atom. The van der Waals surface area contributed by atoms with Gasteiger partial charge in [-0.1, -0.05) is 27.1 Å². The Labute approximate surface area is 175 Å². The van der Waals surface area contributed by atoms with E-state index in [0.717, 1.165) is 10.0 Å². The predicted molar refractivity (Wildman–Crippen MR) is 111 cm³/mol. The molecule has 3 rings (SSSR count). The van der Waals surface area contributed by atoms with E-state index >= 15 is 0 Å². The third-order valence-corrected chi connectivity index (χ3v) is 4.33. The number of nitrogens with one attached hydrogen (secondary N) is 1. The highest BCUT2D eigenvalue weighted by Crippen LogP contribution is 2.38. The second-order valence-electron chi connectivity index (χ2n) is 5.70. The van der Waals surface area contributed by atoms with Gasteiger partial charge in [0.05, 0.1) is 21.3 Å². The highest BCUT2D eigenvalue weighted by atomic mass is 79.9. The molecular formula is C20H18BrN3O5. The van der Waals surface area contributed by atoms with Gasteiger partial charge in [-0.15, -0.1) is 5.10 Å². The smallest absolute Gasteiger partial charge is 0.322 e. The van der Waals surface area contributed by atoms with Crippen molar-refractivity contribution in [2.75, 3.05) is 26.6 Å². The van der Waals surface area contributed by atoms with Gasteiger partial charge in [0.15, 0.2) is 11.5 Å². The van der Waals surface area contributed by atoms with Crippen LogP contribution in [-0.4, -0.2) is 37.4 Å². The maximum absolute atomic E-state index is 12.2. The number of hydrogen-bond acceptors (Lipinski definition) is 7. The zero-order chi connectivity index (χ0) is 20.8. The summed E-state index contributed by atoms with van der Waals surface area (Å²) in [5.41, 5.74) is 1.43. The number of nitrogens with zero attached hydrogens (tertiary/aromatic N) is 2. The van der Waals surface area contributed by atoms with Gasteiger partial charge in [-0.25, -0.2) is 0 Å². The van der Waals surface area contributed by atoms with Crippen molar-refractivity contribution in [2.45, 2.75) is 0 Å². The molecule has 0 fully saturated rings. The van der Waals surface area contributed by atoms with Gasteiger partial charge < -0.3 is 18.6 Å². The van der Waals surface area contributed by atoms with Gasteiger partial charge in [-0.2, -0.15) is 0 Å². The average molecular weight is 460 g/mol. The van der Waals surface area contributed by atoms with Crippen LogP contribution in [0.2, 0.25) is 0 Å². The Bertz CT molecular complexity index is 1020. The van der Waals surface area contributed by atoms with E-state index in [2.05, 4.69) is 31.4 Å². The Morgan fingerprint density at radius 1 is 1.07 bits per heavy atom. The van der Waals surface area contributed by atoms with Crippen molar-refractivity contribution in [1.82, 2.24) is 10.2 Å². The van der Waals surface area contributed by atoms with Crippen LogP contribution >= 0.6 is 15.9 Å². The molecule has 0 bridgehead atoms. The molecule has 0 radical (unpaired) electrons. The van der Waals surface area contributed by atoms with Crippen molar-refractivity contribution in [3.8, 4) is 28.7 Å². The maximum Gasteiger partial charge on any atom is 0.322 e. The van der Waals surface area contributed by atoms with Crippen LogP contribution in [0.3, 0.4) is 0 Å². The molecule has 150 valence electrons. The van der Waals surface area contributed by atoms with Gasteiger partial charge in [0.2, 0.25) is 11.6 Å². The molecule has 0 aliphatic rings. The molecule has 0 saturated carbocycles. The Kier molecular flexibility index (Phi) is 6.50. The minimum absolute atomic E-state index is 0.000447. The molecule has 1 aromatic heterocycles. The summed E-state index contributed by atoms with van der Waals surface area (Å²) in [5.74, 6) is 1.32. The summed E-state index contributed by atoms with van der Waals surface area (Å²) in [4.78, 5) is 12.2. The van der Waals surface area contributed by atoms with Crippen LogP contribution in [0.15, 0.2) is 51.4 Å². The number of carbonyl (C=O) groups is 1. The molecule has 0 aliphatic carbocycles. The minimum Gasteiger partial charge on any atom is -0.493 e. The molecule has 1 amide bonds. The first-order valence-corrected chi connectivity index (χ1v) is 9.22. The topological polar surface area (TPSA) is 95.7 Å². The molecule has 0 unspecified atom stereocenters. The lowest BCUT2D eigenvalue weighted by molar-refractivity contribution is -0.112. The fraction of sp³-hybridized carbons (Fsp3) is 0.150. The van der Waals surface area contributed by atoms with Crippen molar-refractivity contribution in [2.24, 2.45) is 0 Å². The fourth-order valence-corrected chi connectivity index (χ4v) is 2.93. The number of methoxy groups -OCH3 is 3. The fourth-order valence-electron chi connectivity index (χ4n) is 2.53. The van der Waals surface area contributed by atoms with E-state index in [1.165, 1.54) is 27.4 Å². The summed E-state index contributed by atoms with van der Waals surface area (Å²) in [5, 5.41) is 10.3. The van der Waals surface area contributed by atoms with Crippen molar-refractivity contribution in [3.05, 3.63) is 52.5 Å². The molecule has 1 N–H and O–H groups in total. The first kappa shape index (κ1) is 20.4. The third-order valence-electron chi connectivity index (χ3n) is 3.84. The van der Waals surface area contributed by atoms with Crippen LogP contribution in [0.5, 0.6) is 17.2 Å². The number of benzene rings is 2. The van der Waals surface area contributed by atoms with Crippen LogP contribution in [-0.2, 0) is 4.79 Å². The summed E-state index contributed by atoms with van der Waals surface area (Å²) in [6.45, 7) is 0. The first-order valence-electron chi connectivity index (χ1n) is 8.42. The molecule has 2 aromatic carbocycles. The van der Waals surface area contributed by atoms with Gasteiger partial charge in [-0.3, -0.25) is 10.1 Å². The number of anilines is 1. The number of halogens is 1. The number of carbonyl (C=O) groups excluding carboxylic acids is 1. The van der Waals surface area contributed by atoms with E-state index in [0.29, 0.717) is 28.7 Å². The normalized spacial score (nSPS) is 10.8. The molecule has 0 saturated heterocycles. The number of ether oxygens (including phenoxy) is 3. The number of rotatable bonds is 7. The van der Waals surface area contributed by atoms with Gasteiger partial charge >= 0.3 is 6.01 Å². The SMILES string of the molecule is COc1cc(C=CC(=O)Nc2nnc(-c3cccc(Br)c3)o2)cc(OC)c1OC. The summed E-state index contributed by atoms with van der Waals surface area (Å²) in [7, 11) is 4.57. The lowest BCUT2D eigenvalue weighted by atomic mass is 10.1. The first-order chi connectivity index (χ1) is 14.0. The third kappa shape index (κ3) is 4.94. The van der Waals surface area contributed by atoms with Crippen molar-refractivity contribution in [1.29, 1.82) is 0 Å². The van der Waals surface area contributed by atoms with E-state index < -0.39 is 5.91 Å². The lowest BCUT2D eigenvalue weighted by Crippen LogP contribution is -2.07. The van der Waals surface area contributed by atoms with Crippen LogP contribution in [0.4, 0.5) is 6.01 Å². The Hall–Kier alpha value is -3.33. The number of aromatic nitrogens is 2. The van der Waals surface area contributed by atoms with Crippen LogP contribution < -0.4 is 19.5 Å². The standard InChI is InChI=1S/C20H18BrN3O5/c1-26-15-9-12(10-16(27-2)18(15)28-3)7-8-17(25)22-20-24-23-19(29-20)13-5-4-6-14(21)11-13/h4-11H,1-3H3,(H,22,24,25). The van der Waals surface area contributed by atoms with Gasteiger partial charge in [-0.05, 0) is 42.0 Å². The molecule has 9 heteroatoms. The van der Waals surface area contributed by atoms with E-state index in [9.17, 15) is 4.79 Å². The van der Waals surface area contributed by atoms with Crippen molar-refractivity contribution >= 4 is 33.9 Å². The van der Waals surface area contributed by atoms with E-state index in [-0.39, 0.29) is 6.01 Å². The van der Waals surface area contributed by atoms with Crippen molar-refractivity contribution in [3.63, 3.8) is 0 Å². The Morgan fingerprint density at radius 3 is 2.41 bits per heavy atom. The largest absolute Gasteiger partial charge is 0.493 e. The molecule has 1 heterocycles. The zero-order valence-electron chi connectivity index (χ0n) is 15.9. The molecule has 8 nitrogen and oxygen atoms in total. The van der Waals surface area contributed by atoms with Crippen molar-refractivity contribution < 1.29 is 23.4 Å². The van der Waals surface area contributed by atoms with Gasteiger partial charge in [0, 0.05) is 16.1 Å². The summed E-state index contributed by atoms with van der Waals surface area (Å²) in [6.07, 6.45) is 2.94. The van der Waals surface area contributed by atoms with Crippen LogP contribution in [0.25, 0.3) is 17.5 Å². The number of hydrogen-bond donors (Lipinski definition) is 1. The highest BCUT2D eigenvalue weighted by molar-refractivity contribution is 9.10. The monoisotopic (exact) mass is 459 g/mol. The summed E-state index contributed by atoms with van der Waals surface area (Å²) in [6, 6.07) is 10.8. The van der Waals surface area contributed by atoms with Gasteiger partial charge in [0.1, 0.15) is 0 Å². The van der Waals surface area contributed by atoms with E-state index in [1.54, 1.807) is 18.2 Å². The quantitative estimate of drug-likeness (QED) is 0.529. The van der Waals surface area contributed by atoms with Crippen LogP contribution in [0.1, 0.15) is 5.56 Å². The summed E-state index contributed by atoms with van der Waals surface area (Å²) < 4.78 is 22.2. The van der Waals surface area contributed by atoms with Crippen LogP contribution in [0, 0.1) is 0 Å². The van der Waals surface area contributed by atoms with Gasteiger partial charge in [0.25, 0.3) is 5.91 Å². The maximum atomic E-state index is 12.2. The second kappa shape index (κ2) is 9.24. The average Bonchev–Trinajstić information content (AvgIpc) is 3.19. The molecule has 29 heavy (non-hydrogen) atoms. The Balaban J connectivity index is 1.72. The van der Waals surface area contributed by atoms with E-state index in [4.69, 9.17) is 18.6 Å². The number of amides is 1. The minimum atomic E-state index is -0.428. The zero-order valence-corrected chi connectivity index (χ0v) is 17.5. The molecular weight excluding hydrogens is 442 g/mol. The summed E-state index contributed by atoms with van der Waals surface area (Å²) >= 11 is 3.38.